The summed E-state index contributed by atoms with van der Waals surface area (Å²) < 4.78 is 0. The minimum absolute atomic E-state index is 0. The number of carbonyl (C=O) groups is 1. The Morgan fingerprint density at radius 2 is 1.75 bits per heavy atom. The number of aliphatic carboxylic acids is 1. The summed E-state index contributed by atoms with van der Waals surface area (Å²) in [6, 6.07) is 0. The van der Waals surface area contributed by atoms with Gasteiger partial charge in [0.15, 0.2) is 0 Å². The molecule has 0 aromatic rings. The number of rotatable bonds is 1. The Hall–Kier alpha value is -0.0105. The molecule has 0 aliphatic carbocycles. The molecule has 0 aliphatic rings. The van der Waals surface area contributed by atoms with Crippen molar-refractivity contribution in [3.63, 3.8) is 0 Å². The van der Waals surface area contributed by atoms with Crippen LogP contribution < -0.4 is 0 Å². The van der Waals surface area contributed by atoms with Crippen molar-refractivity contribution in [3.8, 4) is 0 Å². The van der Waals surface area contributed by atoms with Gasteiger partial charge in [0.05, 0.1) is 0 Å². The Labute approximate surface area is 60.8 Å². The zero-order chi connectivity index (χ0) is 6.28. The summed E-state index contributed by atoms with van der Waals surface area (Å²) in [6.07, 6.45) is 0.222. The minimum atomic E-state index is -0.745. The predicted octanol–water partition coefficient (Wildman–Crippen LogP) is 1.32. The second-order valence-electron chi connectivity index (χ2n) is 0.747. The van der Waals surface area contributed by atoms with Crippen LogP contribution in [0, 0.1) is 6.92 Å². The van der Waals surface area contributed by atoms with E-state index in [0.29, 0.717) is 0 Å². The topological polar surface area (TPSA) is 37.3 Å². The fourth-order valence-electron chi connectivity index (χ4n) is 0. The van der Waals surface area contributed by atoms with E-state index in [-0.39, 0.29) is 23.5 Å². The van der Waals surface area contributed by atoms with Crippen molar-refractivity contribution in [1.29, 1.82) is 0 Å². The van der Waals surface area contributed by atoms with Gasteiger partial charge in [0.25, 0.3) is 0 Å². The summed E-state index contributed by atoms with van der Waals surface area (Å²) in [4.78, 5) is 9.37. The standard InChI is InChI=1S/C3H6O2.C2H5.Mn/c1-2-3(4)5;1-2;/h2H2,1H3,(H,4,5);1H2,2H3;/q;-1;. The molecular formula is C5H11MnO2-. The molecule has 0 unspecified atom stereocenters. The van der Waals surface area contributed by atoms with Crippen LogP contribution in [0.4, 0.5) is 0 Å². The van der Waals surface area contributed by atoms with Gasteiger partial charge in [-0.2, -0.15) is 6.92 Å². The van der Waals surface area contributed by atoms with Crippen molar-refractivity contribution in [2.75, 3.05) is 0 Å². The molecule has 0 fully saturated rings. The molecule has 0 bridgehead atoms. The third-order valence-corrected chi connectivity index (χ3v) is 0.302. The maximum atomic E-state index is 9.37. The monoisotopic (exact) mass is 158 g/mol. The zero-order valence-electron chi connectivity index (χ0n) is 5.15. The van der Waals surface area contributed by atoms with E-state index >= 15 is 0 Å². The Balaban J connectivity index is -0.0000000750. The maximum absolute atomic E-state index is 9.37. The smallest absolute Gasteiger partial charge is 0.303 e. The molecule has 0 saturated carbocycles. The van der Waals surface area contributed by atoms with Gasteiger partial charge in [-0.25, -0.2) is 0 Å². The second-order valence-corrected chi connectivity index (χ2v) is 0.747. The first-order valence-electron chi connectivity index (χ1n) is 2.20. The van der Waals surface area contributed by atoms with Crippen molar-refractivity contribution in [2.24, 2.45) is 0 Å². The maximum Gasteiger partial charge on any atom is 0.303 e. The van der Waals surface area contributed by atoms with E-state index in [0.717, 1.165) is 0 Å². The van der Waals surface area contributed by atoms with Crippen LogP contribution in [0.3, 0.4) is 0 Å². The van der Waals surface area contributed by atoms with Crippen LogP contribution in [0.1, 0.15) is 20.3 Å². The molecule has 0 saturated heterocycles. The van der Waals surface area contributed by atoms with Gasteiger partial charge in [-0.3, -0.25) is 4.79 Å². The van der Waals surface area contributed by atoms with E-state index in [1.807, 2.05) is 0 Å². The first-order chi connectivity index (χ1) is 3.27. The summed E-state index contributed by atoms with van der Waals surface area (Å²) in [5.41, 5.74) is 0. The van der Waals surface area contributed by atoms with Gasteiger partial charge in [-0.15, -0.1) is 0 Å². The molecule has 0 rings (SSSR count). The van der Waals surface area contributed by atoms with E-state index in [2.05, 4.69) is 6.92 Å². The van der Waals surface area contributed by atoms with Gasteiger partial charge in [-0.1, -0.05) is 6.92 Å². The first kappa shape index (κ1) is 15.7. The summed E-state index contributed by atoms with van der Waals surface area (Å²) in [6.45, 7) is 6.60. The predicted molar refractivity (Wildman–Crippen MR) is 29.0 cm³/mol. The summed E-state index contributed by atoms with van der Waals surface area (Å²) in [7, 11) is 0. The third kappa shape index (κ3) is 37.7. The fourth-order valence-corrected chi connectivity index (χ4v) is 0. The Morgan fingerprint density at radius 3 is 1.75 bits per heavy atom. The van der Waals surface area contributed by atoms with E-state index in [9.17, 15) is 4.79 Å². The van der Waals surface area contributed by atoms with E-state index < -0.39 is 5.97 Å². The van der Waals surface area contributed by atoms with Crippen molar-refractivity contribution < 1.29 is 27.0 Å². The van der Waals surface area contributed by atoms with Crippen LogP contribution in [0.15, 0.2) is 0 Å². The largest absolute Gasteiger partial charge is 0.481 e. The molecule has 0 amide bonds. The minimum Gasteiger partial charge on any atom is -0.481 e. The van der Waals surface area contributed by atoms with Crippen LogP contribution in [0.25, 0.3) is 0 Å². The van der Waals surface area contributed by atoms with Crippen LogP contribution in [-0.4, -0.2) is 11.1 Å². The van der Waals surface area contributed by atoms with Crippen LogP contribution >= 0.6 is 0 Å². The van der Waals surface area contributed by atoms with E-state index in [1.165, 1.54) is 0 Å². The SMILES string of the molecule is CCC(=O)O.[CH2-]C.[Mn]. The van der Waals surface area contributed by atoms with Crippen molar-refractivity contribution in [3.05, 3.63) is 6.92 Å². The molecule has 0 aromatic heterocycles. The van der Waals surface area contributed by atoms with E-state index in [4.69, 9.17) is 5.11 Å². The van der Waals surface area contributed by atoms with Gasteiger partial charge in [0, 0.05) is 23.5 Å². The second kappa shape index (κ2) is 15.8. The number of carboxylic acid groups (broad SMARTS) is 1. The molecular weight excluding hydrogens is 147 g/mol. The van der Waals surface area contributed by atoms with Crippen LogP contribution in [0.5, 0.6) is 0 Å². The van der Waals surface area contributed by atoms with Crippen molar-refractivity contribution in [1.82, 2.24) is 0 Å². The quantitative estimate of drug-likeness (QED) is 0.461. The van der Waals surface area contributed by atoms with Gasteiger partial charge in [-0.05, 0) is 0 Å². The molecule has 51 valence electrons. The Kier molecular flexibility index (Phi) is 30.9. The Bertz CT molecular complexity index is 45.7. The molecule has 3 heteroatoms. The zero-order valence-corrected chi connectivity index (χ0v) is 6.33. The van der Waals surface area contributed by atoms with Gasteiger partial charge in [0.1, 0.15) is 0 Å². The van der Waals surface area contributed by atoms with Crippen molar-refractivity contribution in [2.45, 2.75) is 20.3 Å². The average Bonchev–Trinajstić information content (AvgIpc) is 1.73. The van der Waals surface area contributed by atoms with Crippen molar-refractivity contribution >= 4 is 5.97 Å². The van der Waals surface area contributed by atoms with Gasteiger partial charge >= 0.3 is 5.97 Å². The molecule has 1 radical (unpaired) electrons. The van der Waals surface area contributed by atoms with Crippen LogP contribution in [0.2, 0.25) is 0 Å². The molecule has 0 aromatic carbocycles. The third-order valence-electron chi connectivity index (χ3n) is 0.302. The van der Waals surface area contributed by atoms with E-state index in [1.54, 1.807) is 13.8 Å². The average molecular weight is 158 g/mol. The molecule has 8 heavy (non-hydrogen) atoms. The molecule has 0 aliphatic heterocycles. The van der Waals surface area contributed by atoms with Gasteiger partial charge < -0.3 is 12.0 Å². The first-order valence-corrected chi connectivity index (χ1v) is 2.20. The summed E-state index contributed by atoms with van der Waals surface area (Å²) in [5, 5.41) is 7.72. The van der Waals surface area contributed by atoms with Gasteiger partial charge in [0.2, 0.25) is 0 Å². The normalized spacial score (nSPS) is 5.38. The summed E-state index contributed by atoms with van der Waals surface area (Å²) in [5.74, 6) is -0.745. The molecule has 2 nitrogen and oxygen atoms in total. The summed E-state index contributed by atoms with van der Waals surface area (Å²) >= 11 is 0. The molecule has 0 heterocycles. The number of hydrogen-bond donors (Lipinski definition) is 1. The molecule has 0 spiro atoms. The molecule has 0 atom stereocenters. The fraction of sp³-hybridized carbons (Fsp3) is 0.600. The van der Waals surface area contributed by atoms with Crippen LogP contribution in [-0.2, 0) is 21.9 Å². The Morgan fingerprint density at radius 1 is 1.62 bits per heavy atom. The number of carboxylic acids is 1. The number of hydrogen-bond acceptors (Lipinski definition) is 1. The molecule has 1 N–H and O–H groups in total.